The molecule has 4 aromatic rings. The zero-order chi connectivity index (χ0) is 22.0. The Bertz CT molecular complexity index is 1400. The predicted molar refractivity (Wildman–Crippen MR) is 116 cm³/mol. The van der Waals surface area contributed by atoms with Gasteiger partial charge in [-0.2, -0.15) is 0 Å². The van der Waals surface area contributed by atoms with Crippen molar-refractivity contribution in [2.45, 2.75) is 6.92 Å². The topological polar surface area (TPSA) is 95.3 Å². The summed E-state index contributed by atoms with van der Waals surface area (Å²) in [6.45, 7) is 1.76. The normalized spacial score (nSPS) is 10.6. The van der Waals surface area contributed by atoms with E-state index in [0.29, 0.717) is 22.7 Å². The Kier molecular flexibility index (Phi) is 5.28. The maximum atomic E-state index is 13.2. The van der Waals surface area contributed by atoms with Crippen LogP contribution >= 0.6 is 0 Å². The number of benzene rings is 3. The van der Waals surface area contributed by atoms with E-state index in [0.717, 1.165) is 9.13 Å². The molecule has 1 N–H and O–H groups in total. The Morgan fingerprint density at radius 3 is 2.03 bits per heavy atom. The number of H-pyrrole nitrogens is 1. The summed E-state index contributed by atoms with van der Waals surface area (Å²) in [6, 6.07) is 20.7. The fraction of sp³-hybridized carbons (Fsp3) is 0.0870. The third-order valence-electron chi connectivity index (χ3n) is 4.77. The van der Waals surface area contributed by atoms with Gasteiger partial charge in [-0.1, -0.05) is 36.4 Å². The number of methoxy groups -OCH3 is 1. The van der Waals surface area contributed by atoms with E-state index in [4.69, 9.17) is 9.47 Å². The fourth-order valence-corrected chi connectivity index (χ4v) is 3.31. The van der Waals surface area contributed by atoms with Gasteiger partial charge in [0.1, 0.15) is 17.2 Å². The van der Waals surface area contributed by atoms with Crippen LogP contribution in [0.3, 0.4) is 0 Å². The third-order valence-corrected chi connectivity index (χ3v) is 4.77. The first-order valence-electron chi connectivity index (χ1n) is 9.46. The first-order valence-corrected chi connectivity index (χ1v) is 9.46. The molecule has 0 saturated heterocycles. The van der Waals surface area contributed by atoms with Crippen LogP contribution in [0, 0.1) is 6.92 Å². The number of nitrogens with zero attached hydrogens (tertiary/aromatic N) is 2. The number of rotatable bonds is 5. The zero-order valence-electron chi connectivity index (χ0n) is 16.9. The summed E-state index contributed by atoms with van der Waals surface area (Å²) in [4.78, 5) is 40.4. The van der Waals surface area contributed by atoms with E-state index >= 15 is 0 Å². The molecular weight excluding hydrogens is 398 g/mol. The molecule has 8 nitrogen and oxygen atoms in total. The summed E-state index contributed by atoms with van der Waals surface area (Å²) in [7, 11) is 1.44. The molecule has 0 radical (unpaired) electrons. The van der Waals surface area contributed by atoms with E-state index in [9.17, 15) is 14.4 Å². The Hall–Kier alpha value is -4.33. The van der Waals surface area contributed by atoms with Gasteiger partial charge in [0, 0.05) is 5.56 Å². The number of aromatic nitrogens is 3. The van der Waals surface area contributed by atoms with Crippen LogP contribution in [0.1, 0.15) is 5.56 Å². The number of nitrogens with one attached hydrogen (secondary N) is 1. The van der Waals surface area contributed by atoms with E-state index < -0.39 is 17.1 Å². The van der Waals surface area contributed by atoms with E-state index in [2.05, 4.69) is 4.98 Å². The van der Waals surface area contributed by atoms with E-state index in [-0.39, 0.29) is 11.4 Å². The molecule has 0 amide bonds. The maximum absolute atomic E-state index is 13.2. The van der Waals surface area contributed by atoms with Crippen LogP contribution in [0.25, 0.3) is 11.4 Å². The quantitative estimate of drug-likeness (QED) is 0.539. The van der Waals surface area contributed by atoms with Gasteiger partial charge in [-0.3, -0.25) is 4.98 Å². The highest BCUT2D eigenvalue weighted by atomic mass is 16.5. The van der Waals surface area contributed by atoms with E-state index in [1.54, 1.807) is 49.4 Å². The molecule has 4 rings (SSSR count). The van der Waals surface area contributed by atoms with Gasteiger partial charge in [-0.25, -0.2) is 23.5 Å². The van der Waals surface area contributed by atoms with E-state index in [1.165, 1.54) is 7.11 Å². The maximum Gasteiger partial charge on any atom is 0.345 e. The highest BCUT2D eigenvalue weighted by molar-refractivity contribution is 5.58. The van der Waals surface area contributed by atoms with Crippen molar-refractivity contribution in [2.24, 2.45) is 0 Å². The molecule has 0 spiro atoms. The van der Waals surface area contributed by atoms with Crippen LogP contribution in [0.5, 0.6) is 17.2 Å². The minimum atomic E-state index is -0.864. The average molecular weight is 417 g/mol. The molecule has 0 saturated carbocycles. The highest BCUT2D eigenvalue weighted by Crippen LogP contribution is 2.35. The SMILES string of the molecule is COc1c(-n2c(=O)[nH]c(=O)n(-c3ccccc3)c2=O)ccc(Oc2ccccc2)c1C. The molecule has 1 aromatic heterocycles. The Morgan fingerprint density at radius 1 is 0.774 bits per heavy atom. The molecule has 0 aliphatic carbocycles. The molecule has 0 atom stereocenters. The van der Waals surface area contributed by atoms with Gasteiger partial charge in [0.2, 0.25) is 0 Å². The summed E-state index contributed by atoms with van der Waals surface area (Å²) in [6.07, 6.45) is 0. The van der Waals surface area contributed by atoms with Crippen LogP contribution in [-0.4, -0.2) is 21.2 Å². The van der Waals surface area contributed by atoms with Gasteiger partial charge >= 0.3 is 17.1 Å². The second-order valence-corrected chi connectivity index (χ2v) is 6.68. The molecule has 0 aliphatic rings. The Labute approximate surface area is 176 Å². The Balaban J connectivity index is 1.91. The van der Waals surface area contributed by atoms with Crippen LogP contribution in [0.15, 0.2) is 87.2 Å². The van der Waals surface area contributed by atoms with Crippen LogP contribution in [0.2, 0.25) is 0 Å². The highest BCUT2D eigenvalue weighted by Gasteiger charge is 2.19. The summed E-state index contributed by atoms with van der Waals surface area (Å²) < 4.78 is 13.2. The van der Waals surface area contributed by atoms with Crippen molar-refractivity contribution in [1.82, 2.24) is 14.1 Å². The first kappa shape index (κ1) is 20.0. The monoisotopic (exact) mass is 417 g/mol. The lowest BCUT2D eigenvalue weighted by atomic mass is 10.1. The minimum absolute atomic E-state index is 0.191. The van der Waals surface area contributed by atoms with Gasteiger partial charge in [0.05, 0.1) is 18.5 Å². The van der Waals surface area contributed by atoms with Crippen LogP contribution < -0.4 is 26.5 Å². The number of ether oxygens (including phenoxy) is 2. The molecule has 0 bridgehead atoms. The number of para-hydroxylation sites is 2. The molecule has 8 heteroatoms. The largest absolute Gasteiger partial charge is 0.494 e. The van der Waals surface area contributed by atoms with Crippen molar-refractivity contribution >= 4 is 0 Å². The number of hydrogen-bond donors (Lipinski definition) is 1. The van der Waals surface area contributed by atoms with Crippen molar-refractivity contribution in [1.29, 1.82) is 0 Å². The first-order chi connectivity index (χ1) is 15.0. The zero-order valence-corrected chi connectivity index (χ0v) is 16.9. The second-order valence-electron chi connectivity index (χ2n) is 6.68. The number of hydrogen-bond acceptors (Lipinski definition) is 5. The summed E-state index contributed by atoms with van der Waals surface area (Å²) in [5, 5.41) is 0. The molecular formula is C23H19N3O5. The van der Waals surface area contributed by atoms with Crippen molar-refractivity contribution in [3.8, 4) is 28.6 Å². The van der Waals surface area contributed by atoms with E-state index in [1.807, 2.05) is 30.3 Å². The average Bonchev–Trinajstić information content (AvgIpc) is 2.77. The van der Waals surface area contributed by atoms with Crippen LogP contribution in [-0.2, 0) is 0 Å². The lowest BCUT2D eigenvalue weighted by molar-refractivity contribution is 0.401. The lowest BCUT2D eigenvalue weighted by Gasteiger charge is -2.17. The fourth-order valence-electron chi connectivity index (χ4n) is 3.31. The van der Waals surface area contributed by atoms with Crippen molar-refractivity contribution < 1.29 is 9.47 Å². The summed E-state index contributed by atoms with van der Waals surface area (Å²) in [5.41, 5.74) is -1.38. The predicted octanol–water partition coefficient (Wildman–Crippen LogP) is 2.79. The van der Waals surface area contributed by atoms with Crippen LogP contribution in [0.4, 0.5) is 0 Å². The van der Waals surface area contributed by atoms with Crippen molar-refractivity contribution in [2.75, 3.05) is 7.11 Å². The molecule has 3 aromatic carbocycles. The van der Waals surface area contributed by atoms with Gasteiger partial charge in [-0.05, 0) is 43.3 Å². The summed E-state index contributed by atoms with van der Waals surface area (Å²) in [5.74, 6) is 1.42. The second kappa shape index (κ2) is 8.19. The molecule has 31 heavy (non-hydrogen) atoms. The van der Waals surface area contributed by atoms with Gasteiger partial charge in [-0.15, -0.1) is 0 Å². The molecule has 0 aliphatic heterocycles. The molecule has 1 heterocycles. The van der Waals surface area contributed by atoms with Crippen molar-refractivity contribution in [3.05, 3.63) is 110 Å². The molecule has 0 fully saturated rings. The standard InChI is InChI=1S/C23H19N3O5/c1-15-19(31-17-11-7-4-8-12-17)14-13-18(20(15)30-2)26-22(28)24-21(27)25(23(26)29)16-9-5-3-6-10-16/h3-14H,1-2H3,(H,24,27,28). The summed E-state index contributed by atoms with van der Waals surface area (Å²) >= 11 is 0. The Morgan fingerprint density at radius 2 is 1.39 bits per heavy atom. The number of aromatic amines is 1. The lowest BCUT2D eigenvalue weighted by Crippen LogP contribution is -2.48. The smallest absolute Gasteiger partial charge is 0.345 e. The van der Waals surface area contributed by atoms with Gasteiger partial charge < -0.3 is 9.47 Å². The minimum Gasteiger partial charge on any atom is -0.494 e. The third kappa shape index (κ3) is 3.66. The molecule has 156 valence electrons. The van der Waals surface area contributed by atoms with Crippen molar-refractivity contribution in [3.63, 3.8) is 0 Å². The molecule has 0 unspecified atom stereocenters. The van der Waals surface area contributed by atoms with Gasteiger partial charge in [0.25, 0.3) is 0 Å². The van der Waals surface area contributed by atoms with Gasteiger partial charge in [0.15, 0.2) is 0 Å².